The molecule has 3 atom stereocenters. The monoisotopic (exact) mass is 594 g/mol. The Bertz CT molecular complexity index is 1870. The minimum absolute atomic E-state index is 0.0174. The summed E-state index contributed by atoms with van der Waals surface area (Å²) in [6, 6.07) is 8.86. The highest BCUT2D eigenvalue weighted by molar-refractivity contribution is 6.03. The number of morpholine rings is 1. The van der Waals surface area contributed by atoms with E-state index in [1.165, 1.54) is 6.07 Å². The van der Waals surface area contributed by atoms with Crippen molar-refractivity contribution < 1.29 is 18.3 Å². The third kappa shape index (κ3) is 5.09. The first-order chi connectivity index (χ1) is 21.4. The summed E-state index contributed by atoms with van der Waals surface area (Å²) in [7, 11) is 2.03. The first-order valence-corrected chi connectivity index (χ1v) is 14.9. The van der Waals surface area contributed by atoms with Crippen molar-refractivity contribution in [2.75, 3.05) is 51.3 Å². The van der Waals surface area contributed by atoms with Crippen molar-refractivity contribution in [2.45, 2.75) is 38.0 Å². The van der Waals surface area contributed by atoms with Crippen LogP contribution in [-0.2, 0) is 4.74 Å². The Labute approximate surface area is 254 Å². The average Bonchev–Trinajstić information content (AvgIpc) is 3.37. The third-order valence-corrected chi connectivity index (χ3v) is 8.64. The Kier molecular flexibility index (Phi) is 7.51. The Morgan fingerprint density at radius 3 is 2.64 bits per heavy atom. The van der Waals surface area contributed by atoms with Gasteiger partial charge in [-0.1, -0.05) is 36.1 Å². The maximum atomic E-state index is 16.9. The molecule has 2 bridgehead atoms. The molecule has 5 heterocycles. The normalized spacial score (nSPS) is 21.7. The lowest BCUT2D eigenvalue weighted by atomic mass is 9.96. The van der Waals surface area contributed by atoms with Gasteiger partial charge in [-0.25, -0.2) is 13.8 Å². The fraction of sp³-hybridized carbons (Fsp3) is 0.382. The number of anilines is 1. The van der Waals surface area contributed by atoms with Gasteiger partial charge >= 0.3 is 6.01 Å². The second-order valence-corrected chi connectivity index (χ2v) is 11.6. The molecule has 10 heteroatoms. The molecule has 3 saturated heterocycles. The first-order valence-electron chi connectivity index (χ1n) is 14.9. The summed E-state index contributed by atoms with van der Waals surface area (Å²) in [5.41, 5.74) is 0.755. The van der Waals surface area contributed by atoms with Gasteiger partial charge in [0.1, 0.15) is 41.3 Å². The molecule has 0 amide bonds. The SMILES string of the molecule is C#Cc1c(F)ccc2cccc(-c3nc(C#CC)c4c(N5C[C@H]6CC[C@@H](C5)N6)nc(OC[C@@H]5CN(C)CCO5)nc4c3F)c12. The van der Waals surface area contributed by atoms with Gasteiger partial charge in [-0.15, -0.1) is 6.42 Å². The number of pyridine rings is 1. The fourth-order valence-corrected chi connectivity index (χ4v) is 6.61. The molecule has 3 aliphatic rings. The van der Waals surface area contributed by atoms with E-state index < -0.39 is 11.6 Å². The van der Waals surface area contributed by atoms with Crippen LogP contribution in [0.5, 0.6) is 6.01 Å². The Hall–Kier alpha value is -4.35. The van der Waals surface area contributed by atoms with Crippen molar-refractivity contribution in [3.8, 4) is 41.5 Å². The van der Waals surface area contributed by atoms with E-state index >= 15 is 4.39 Å². The van der Waals surface area contributed by atoms with Gasteiger partial charge < -0.3 is 24.6 Å². The third-order valence-electron chi connectivity index (χ3n) is 8.64. The summed E-state index contributed by atoms with van der Waals surface area (Å²) < 4.78 is 43.8. The average molecular weight is 595 g/mol. The zero-order valence-electron chi connectivity index (χ0n) is 24.7. The standard InChI is InChI=1S/C34H32F2N6O2/c1-4-7-27-29-32(30(36)31(38-27)25-9-6-8-20-10-13-26(35)24(5-2)28(20)25)39-34(44-19-23-18-41(3)14-15-43-23)40-33(29)42-16-21-11-12-22(17-42)37-21/h2,6,8-10,13,21-23,37H,11-12,14-19H2,1,3H3/t21-,22+,23-/m0/s1. The molecule has 2 aromatic heterocycles. The number of nitrogens with one attached hydrogen (secondary N) is 1. The second-order valence-electron chi connectivity index (χ2n) is 11.6. The number of nitrogens with zero attached hydrogens (tertiary/aromatic N) is 5. The summed E-state index contributed by atoms with van der Waals surface area (Å²) in [5.74, 6) is 7.73. The molecule has 3 aliphatic heterocycles. The predicted octanol–water partition coefficient (Wildman–Crippen LogP) is 4.13. The number of terminal acetylenes is 1. The molecule has 0 saturated carbocycles. The van der Waals surface area contributed by atoms with Crippen LogP contribution in [0.4, 0.5) is 14.6 Å². The molecular formula is C34H32F2N6O2. The maximum absolute atomic E-state index is 16.9. The van der Waals surface area contributed by atoms with E-state index in [2.05, 4.69) is 37.9 Å². The molecule has 0 radical (unpaired) electrons. The van der Waals surface area contributed by atoms with Gasteiger partial charge in [0.25, 0.3) is 0 Å². The van der Waals surface area contributed by atoms with Crippen LogP contribution < -0.4 is 15.0 Å². The Balaban J connectivity index is 1.43. The van der Waals surface area contributed by atoms with Crippen molar-refractivity contribution in [1.29, 1.82) is 0 Å². The van der Waals surface area contributed by atoms with E-state index in [1.54, 1.807) is 31.2 Å². The highest BCUT2D eigenvalue weighted by Gasteiger charge is 2.35. The molecular weight excluding hydrogens is 562 g/mol. The minimum atomic E-state index is -0.679. The largest absolute Gasteiger partial charge is 0.461 e. The van der Waals surface area contributed by atoms with Crippen LogP contribution in [0.2, 0.25) is 0 Å². The number of hydrogen-bond donors (Lipinski definition) is 1. The highest BCUT2D eigenvalue weighted by Crippen LogP contribution is 2.39. The number of benzene rings is 2. The number of rotatable bonds is 5. The van der Waals surface area contributed by atoms with E-state index in [4.69, 9.17) is 25.9 Å². The van der Waals surface area contributed by atoms with Gasteiger partial charge in [0.15, 0.2) is 5.82 Å². The first kappa shape index (κ1) is 28.4. The molecule has 44 heavy (non-hydrogen) atoms. The summed E-state index contributed by atoms with van der Waals surface area (Å²) in [5, 5.41) is 5.13. The van der Waals surface area contributed by atoms with Crippen LogP contribution in [0, 0.1) is 35.8 Å². The Morgan fingerprint density at radius 2 is 1.89 bits per heavy atom. The van der Waals surface area contributed by atoms with Crippen molar-refractivity contribution in [3.05, 3.63) is 53.2 Å². The van der Waals surface area contributed by atoms with Crippen molar-refractivity contribution in [2.24, 2.45) is 0 Å². The lowest BCUT2D eigenvalue weighted by molar-refractivity contribution is -0.0416. The van der Waals surface area contributed by atoms with Gasteiger partial charge in [0.05, 0.1) is 17.6 Å². The smallest absolute Gasteiger partial charge is 0.319 e. The van der Waals surface area contributed by atoms with E-state index in [0.717, 1.165) is 19.4 Å². The molecule has 8 nitrogen and oxygen atoms in total. The number of likely N-dealkylation sites (N-methyl/N-ethyl adjacent to an activating group) is 1. The second kappa shape index (κ2) is 11.6. The molecule has 0 spiro atoms. The zero-order chi connectivity index (χ0) is 30.4. The van der Waals surface area contributed by atoms with E-state index in [9.17, 15) is 4.39 Å². The van der Waals surface area contributed by atoms with Crippen LogP contribution in [0.1, 0.15) is 31.0 Å². The molecule has 2 aromatic carbocycles. The molecule has 3 fully saturated rings. The van der Waals surface area contributed by atoms with E-state index in [1.807, 2.05) is 7.05 Å². The lowest BCUT2D eigenvalue weighted by Gasteiger charge is -2.34. The number of ether oxygens (including phenoxy) is 2. The van der Waals surface area contributed by atoms with E-state index in [-0.39, 0.29) is 35.5 Å². The zero-order valence-corrected chi connectivity index (χ0v) is 24.7. The van der Waals surface area contributed by atoms with E-state index in [0.29, 0.717) is 71.6 Å². The van der Waals surface area contributed by atoms with Gasteiger partial charge in [0.2, 0.25) is 0 Å². The molecule has 1 N–H and O–H groups in total. The summed E-state index contributed by atoms with van der Waals surface area (Å²) >= 11 is 0. The molecule has 7 rings (SSSR count). The molecule has 224 valence electrons. The van der Waals surface area contributed by atoms with Crippen LogP contribution >= 0.6 is 0 Å². The van der Waals surface area contributed by atoms with Crippen molar-refractivity contribution in [1.82, 2.24) is 25.2 Å². The molecule has 0 aliphatic carbocycles. The Morgan fingerprint density at radius 1 is 1.07 bits per heavy atom. The van der Waals surface area contributed by atoms with Crippen LogP contribution in [0.25, 0.3) is 32.9 Å². The van der Waals surface area contributed by atoms with Crippen LogP contribution in [-0.4, -0.2) is 84.5 Å². The predicted molar refractivity (Wildman–Crippen MR) is 166 cm³/mol. The van der Waals surface area contributed by atoms with Crippen molar-refractivity contribution in [3.63, 3.8) is 0 Å². The number of aromatic nitrogens is 3. The summed E-state index contributed by atoms with van der Waals surface area (Å²) in [6.45, 7) is 5.48. The summed E-state index contributed by atoms with van der Waals surface area (Å²) in [4.78, 5) is 18.5. The quantitative estimate of drug-likeness (QED) is 0.346. The fourth-order valence-electron chi connectivity index (χ4n) is 6.61. The number of piperazine rings is 1. The maximum Gasteiger partial charge on any atom is 0.319 e. The molecule has 4 aromatic rings. The van der Waals surface area contributed by atoms with Crippen molar-refractivity contribution >= 4 is 27.5 Å². The van der Waals surface area contributed by atoms with Gasteiger partial charge in [-0.05, 0) is 44.2 Å². The number of hydrogen-bond acceptors (Lipinski definition) is 8. The molecule has 0 unspecified atom stereocenters. The van der Waals surface area contributed by atoms with Crippen LogP contribution in [0.3, 0.4) is 0 Å². The summed E-state index contributed by atoms with van der Waals surface area (Å²) in [6.07, 6.45) is 7.69. The van der Waals surface area contributed by atoms with Crippen LogP contribution in [0.15, 0.2) is 30.3 Å². The topological polar surface area (TPSA) is 75.6 Å². The van der Waals surface area contributed by atoms with Gasteiger partial charge in [0, 0.05) is 49.2 Å². The lowest BCUT2D eigenvalue weighted by Crippen LogP contribution is -2.51. The van der Waals surface area contributed by atoms with Gasteiger partial charge in [-0.3, -0.25) is 0 Å². The number of fused-ring (bicyclic) bond motifs is 4. The van der Waals surface area contributed by atoms with Gasteiger partial charge in [-0.2, -0.15) is 9.97 Å². The minimum Gasteiger partial charge on any atom is -0.461 e. The highest BCUT2D eigenvalue weighted by atomic mass is 19.1. The number of halogens is 2.